The Morgan fingerprint density at radius 2 is 2.00 bits per heavy atom. The van der Waals surface area contributed by atoms with Gasteiger partial charge in [-0.15, -0.1) is 0 Å². The van der Waals surface area contributed by atoms with Crippen LogP contribution in [0.1, 0.15) is 38.5 Å². The fraction of sp³-hybridized carbons (Fsp3) is 0.900. The number of nitrogens with zero attached hydrogens (tertiary/aromatic N) is 1. The van der Waals surface area contributed by atoms with Gasteiger partial charge in [0.2, 0.25) is 0 Å². The van der Waals surface area contributed by atoms with E-state index in [4.69, 9.17) is 5.26 Å². The highest BCUT2D eigenvalue weighted by molar-refractivity contribution is 4.94. The van der Waals surface area contributed by atoms with Crippen molar-refractivity contribution < 1.29 is 0 Å². The van der Waals surface area contributed by atoms with Gasteiger partial charge in [-0.25, -0.2) is 0 Å². The van der Waals surface area contributed by atoms with Crippen molar-refractivity contribution in [2.24, 2.45) is 17.8 Å². The molecule has 11 heavy (non-hydrogen) atoms. The van der Waals surface area contributed by atoms with Crippen molar-refractivity contribution in [2.75, 3.05) is 0 Å². The molecule has 0 aromatic carbocycles. The highest BCUT2D eigenvalue weighted by Crippen LogP contribution is 2.42. The van der Waals surface area contributed by atoms with Gasteiger partial charge in [-0.1, -0.05) is 19.3 Å². The molecule has 0 spiro atoms. The summed E-state index contributed by atoms with van der Waals surface area (Å²) in [6.45, 7) is 0. The van der Waals surface area contributed by atoms with Gasteiger partial charge in [0.05, 0.1) is 6.07 Å². The van der Waals surface area contributed by atoms with Crippen LogP contribution in [0.25, 0.3) is 0 Å². The van der Waals surface area contributed by atoms with Crippen molar-refractivity contribution in [3.8, 4) is 6.07 Å². The molecule has 0 heterocycles. The van der Waals surface area contributed by atoms with E-state index in [0.717, 1.165) is 11.8 Å². The van der Waals surface area contributed by atoms with Gasteiger partial charge in [0, 0.05) is 5.92 Å². The number of hydrogen-bond donors (Lipinski definition) is 0. The second kappa shape index (κ2) is 2.85. The van der Waals surface area contributed by atoms with Crippen molar-refractivity contribution in [2.45, 2.75) is 38.5 Å². The van der Waals surface area contributed by atoms with E-state index in [1.807, 2.05) is 0 Å². The first-order valence-corrected chi connectivity index (χ1v) is 4.80. The minimum Gasteiger partial charge on any atom is -0.198 e. The molecular formula is C10H15N. The molecule has 2 aliphatic carbocycles. The fourth-order valence-corrected chi connectivity index (χ4v) is 1.91. The van der Waals surface area contributed by atoms with Gasteiger partial charge in [-0.05, 0) is 31.1 Å². The van der Waals surface area contributed by atoms with Crippen molar-refractivity contribution in [1.82, 2.24) is 0 Å². The van der Waals surface area contributed by atoms with E-state index in [9.17, 15) is 0 Å². The first-order valence-electron chi connectivity index (χ1n) is 4.80. The highest BCUT2D eigenvalue weighted by Gasteiger charge is 2.32. The zero-order valence-corrected chi connectivity index (χ0v) is 6.92. The molecule has 0 aromatic heterocycles. The molecular weight excluding hydrogens is 134 g/mol. The third-order valence-electron chi connectivity index (χ3n) is 3.17. The summed E-state index contributed by atoms with van der Waals surface area (Å²) in [6.07, 6.45) is 8.01. The van der Waals surface area contributed by atoms with E-state index < -0.39 is 0 Å². The van der Waals surface area contributed by atoms with Crippen LogP contribution < -0.4 is 0 Å². The molecule has 1 heteroatoms. The Morgan fingerprint density at radius 1 is 1.27 bits per heavy atom. The van der Waals surface area contributed by atoms with Crippen molar-refractivity contribution >= 4 is 0 Å². The molecule has 0 saturated heterocycles. The van der Waals surface area contributed by atoms with Crippen LogP contribution in [-0.4, -0.2) is 0 Å². The maximum atomic E-state index is 8.89. The van der Waals surface area contributed by atoms with Crippen LogP contribution >= 0.6 is 0 Å². The van der Waals surface area contributed by atoms with Crippen molar-refractivity contribution in [1.29, 1.82) is 5.26 Å². The van der Waals surface area contributed by atoms with Crippen LogP contribution in [0.5, 0.6) is 0 Å². The van der Waals surface area contributed by atoms with Gasteiger partial charge < -0.3 is 0 Å². The Labute approximate surface area is 68.4 Å². The van der Waals surface area contributed by atoms with Gasteiger partial charge in [-0.2, -0.15) is 5.26 Å². The Balaban J connectivity index is 1.80. The molecule has 1 atom stereocenters. The predicted molar refractivity (Wildman–Crippen MR) is 43.8 cm³/mol. The molecule has 2 aliphatic rings. The zero-order chi connectivity index (χ0) is 7.68. The van der Waals surface area contributed by atoms with Gasteiger partial charge >= 0.3 is 0 Å². The Morgan fingerprint density at radius 3 is 2.36 bits per heavy atom. The quantitative estimate of drug-likeness (QED) is 0.605. The lowest BCUT2D eigenvalue weighted by Crippen LogP contribution is -2.21. The predicted octanol–water partition coefficient (Wildman–Crippen LogP) is 2.73. The van der Waals surface area contributed by atoms with E-state index in [-0.39, 0.29) is 0 Å². The molecule has 0 bridgehead atoms. The standard InChI is InChI=1S/C10H15N/c11-7-10(6-8-4-5-8)9-2-1-3-9/h8-10H,1-6H2. The fourth-order valence-electron chi connectivity index (χ4n) is 1.91. The van der Waals surface area contributed by atoms with Crippen LogP contribution in [0.15, 0.2) is 0 Å². The summed E-state index contributed by atoms with van der Waals surface area (Å²) in [6, 6.07) is 2.48. The summed E-state index contributed by atoms with van der Waals surface area (Å²) in [5, 5.41) is 8.89. The van der Waals surface area contributed by atoms with E-state index in [0.29, 0.717) is 5.92 Å². The third kappa shape index (κ3) is 1.56. The van der Waals surface area contributed by atoms with Crippen LogP contribution in [0, 0.1) is 29.1 Å². The summed E-state index contributed by atoms with van der Waals surface area (Å²) in [5.41, 5.74) is 0. The Bertz CT molecular complexity index is 172. The molecule has 0 aromatic rings. The van der Waals surface area contributed by atoms with Crippen LogP contribution in [-0.2, 0) is 0 Å². The molecule has 1 unspecified atom stereocenters. The van der Waals surface area contributed by atoms with Gasteiger partial charge in [0.1, 0.15) is 0 Å². The Hall–Kier alpha value is -0.510. The van der Waals surface area contributed by atoms with Crippen molar-refractivity contribution in [3.63, 3.8) is 0 Å². The SMILES string of the molecule is N#CC(CC1CC1)C1CCC1. The summed E-state index contributed by atoms with van der Waals surface area (Å²) in [7, 11) is 0. The smallest absolute Gasteiger partial charge is 0.0658 e. The largest absolute Gasteiger partial charge is 0.198 e. The summed E-state index contributed by atoms with van der Waals surface area (Å²) in [5.74, 6) is 2.12. The van der Waals surface area contributed by atoms with Crippen LogP contribution in [0.2, 0.25) is 0 Å². The second-order valence-electron chi connectivity index (χ2n) is 4.11. The second-order valence-corrected chi connectivity index (χ2v) is 4.11. The molecule has 0 radical (unpaired) electrons. The summed E-state index contributed by atoms with van der Waals surface area (Å²) in [4.78, 5) is 0. The van der Waals surface area contributed by atoms with Gasteiger partial charge in [-0.3, -0.25) is 0 Å². The van der Waals surface area contributed by atoms with Gasteiger partial charge in [0.25, 0.3) is 0 Å². The molecule has 2 fully saturated rings. The lowest BCUT2D eigenvalue weighted by atomic mass is 9.74. The van der Waals surface area contributed by atoms with E-state index in [1.165, 1.54) is 38.5 Å². The first kappa shape index (κ1) is 7.16. The minimum absolute atomic E-state index is 0.413. The molecule has 0 N–H and O–H groups in total. The summed E-state index contributed by atoms with van der Waals surface area (Å²) >= 11 is 0. The van der Waals surface area contributed by atoms with Crippen LogP contribution in [0.4, 0.5) is 0 Å². The molecule has 0 aliphatic heterocycles. The monoisotopic (exact) mass is 149 g/mol. The van der Waals surface area contributed by atoms with Crippen molar-refractivity contribution in [3.05, 3.63) is 0 Å². The van der Waals surface area contributed by atoms with E-state index in [1.54, 1.807) is 0 Å². The molecule has 2 saturated carbocycles. The minimum atomic E-state index is 0.413. The molecule has 1 nitrogen and oxygen atoms in total. The lowest BCUT2D eigenvalue weighted by Gasteiger charge is -2.29. The number of rotatable bonds is 3. The average Bonchev–Trinajstić information content (AvgIpc) is 2.66. The van der Waals surface area contributed by atoms with Crippen LogP contribution in [0.3, 0.4) is 0 Å². The number of nitriles is 1. The number of hydrogen-bond acceptors (Lipinski definition) is 1. The normalized spacial score (nSPS) is 27.2. The Kier molecular flexibility index (Phi) is 1.85. The first-order chi connectivity index (χ1) is 5.40. The lowest BCUT2D eigenvalue weighted by molar-refractivity contribution is 0.231. The van der Waals surface area contributed by atoms with Gasteiger partial charge in [0.15, 0.2) is 0 Å². The third-order valence-corrected chi connectivity index (χ3v) is 3.17. The maximum Gasteiger partial charge on any atom is 0.0658 e. The average molecular weight is 149 g/mol. The topological polar surface area (TPSA) is 23.8 Å². The van der Waals surface area contributed by atoms with E-state index in [2.05, 4.69) is 6.07 Å². The molecule has 0 amide bonds. The molecule has 60 valence electrons. The van der Waals surface area contributed by atoms with E-state index >= 15 is 0 Å². The highest BCUT2D eigenvalue weighted by atomic mass is 14.4. The summed E-state index contributed by atoms with van der Waals surface area (Å²) < 4.78 is 0. The maximum absolute atomic E-state index is 8.89. The zero-order valence-electron chi connectivity index (χ0n) is 6.92. The molecule has 2 rings (SSSR count).